The summed E-state index contributed by atoms with van der Waals surface area (Å²) in [5.41, 5.74) is 0.831. The second-order valence-electron chi connectivity index (χ2n) is 6.31. The lowest BCUT2D eigenvalue weighted by Crippen LogP contribution is -2.28. The molecular weight excluding hydrogens is 380 g/mol. The number of amides is 1. The van der Waals surface area contributed by atoms with E-state index in [0.29, 0.717) is 30.4 Å². The van der Waals surface area contributed by atoms with Crippen molar-refractivity contribution in [2.45, 2.75) is 25.3 Å². The summed E-state index contributed by atoms with van der Waals surface area (Å²) >= 11 is 0. The minimum atomic E-state index is -0.709. The highest BCUT2D eigenvalue weighted by Crippen LogP contribution is 2.30. The number of rotatable bonds is 7. The van der Waals surface area contributed by atoms with Crippen LogP contribution in [0.25, 0.3) is 0 Å². The van der Waals surface area contributed by atoms with Gasteiger partial charge in [0, 0.05) is 30.3 Å². The summed E-state index contributed by atoms with van der Waals surface area (Å²) in [5, 5.41) is 14.0. The summed E-state index contributed by atoms with van der Waals surface area (Å²) in [5.74, 6) is -1.56. The average molecular weight is 397 g/mol. The first kappa shape index (κ1) is 20.1. The fourth-order valence-corrected chi connectivity index (χ4v) is 2.86. The van der Waals surface area contributed by atoms with Crippen LogP contribution in [0, 0.1) is 23.0 Å². The summed E-state index contributed by atoms with van der Waals surface area (Å²) < 4.78 is 32.5. The molecule has 0 bridgehead atoms. The van der Waals surface area contributed by atoms with Crippen molar-refractivity contribution in [3.05, 3.63) is 65.6 Å². The summed E-state index contributed by atoms with van der Waals surface area (Å²) in [6.07, 6.45) is 3.94. The highest BCUT2D eigenvalue weighted by atomic mass is 19.1. The summed E-state index contributed by atoms with van der Waals surface area (Å²) in [6.45, 7) is 4.06. The maximum atomic E-state index is 13.5. The van der Waals surface area contributed by atoms with Crippen LogP contribution < -0.4 is 4.74 Å². The van der Waals surface area contributed by atoms with Gasteiger partial charge >= 0.3 is 0 Å². The Labute approximate surface area is 166 Å². The van der Waals surface area contributed by atoms with E-state index in [-0.39, 0.29) is 18.2 Å². The van der Waals surface area contributed by atoms with Gasteiger partial charge < -0.3 is 4.74 Å². The van der Waals surface area contributed by atoms with Gasteiger partial charge in [0.2, 0.25) is 5.88 Å². The number of carbonyl (C=O) groups excluding carboxylic acids is 1. The Balaban J connectivity index is 1.54. The normalized spacial score (nSPS) is 15.2. The van der Waals surface area contributed by atoms with Crippen molar-refractivity contribution < 1.29 is 18.3 Å². The molecule has 0 fully saturated rings. The van der Waals surface area contributed by atoms with Crippen molar-refractivity contribution in [1.29, 1.82) is 5.26 Å². The Morgan fingerprint density at radius 1 is 1.28 bits per heavy atom. The van der Waals surface area contributed by atoms with Crippen LogP contribution in [0.2, 0.25) is 0 Å². The molecule has 0 N–H and O–H groups in total. The van der Waals surface area contributed by atoms with Gasteiger partial charge in [-0.3, -0.25) is 4.79 Å². The predicted molar refractivity (Wildman–Crippen MR) is 99.7 cm³/mol. The molecule has 1 aromatic carbocycles. The topological polar surface area (TPSA) is 91.5 Å². The number of nitriles is 1. The van der Waals surface area contributed by atoms with E-state index in [1.807, 2.05) is 6.07 Å². The quantitative estimate of drug-likeness (QED) is 0.528. The van der Waals surface area contributed by atoms with Gasteiger partial charge in [-0.2, -0.15) is 10.4 Å². The summed E-state index contributed by atoms with van der Waals surface area (Å²) in [4.78, 5) is 20.3. The van der Waals surface area contributed by atoms with Crippen LogP contribution in [-0.2, 0) is 4.79 Å². The van der Waals surface area contributed by atoms with Crippen molar-refractivity contribution in [2.24, 2.45) is 5.10 Å². The molecule has 1 aliphatic rings. The zero-order chi connectivity index (χ0) is 20.8. The minimum Gasteiger partial charge on any atom is -0.478 e. The maximum Gasteiger partial charge on any atom is 0.269 e. The molecule has 148 valence electrons. The third-order valence-electron chi connectivity index (χ3n) is 4.24. The van der Waals surface area contributed by atoms with Crippen molar-refractivity contribution in [3.63, 3.8) is 0 Å². The molecule has 1 atom stereocenters. The molecule has 0 radical (unpaired) electrons. The van der Waals surface area contributed by atoms with E-state index < -0.39 is 23.6 Å². The molecule has 1 unspecified atom stereocenters. The zero-order valence-corrected chi connectivity index (χ0v) is 15.4. The van der Waals surface area contributed by atoms with Crippen LogP contribution in [0.1, 0.15) is 36.6 Å². The van der Waals surface area contributed by atoms with E-state index in [1.54, 1.807) is 0 Å². The van der Waals surface area contributed by atoms with Crippen LogP contribution in [0.4, 0.5) is 8.78 Å². The molecule has 1 aliphatic heterocycles. The number of halogens is 2. The fraction of sp³-hybridized carbons (Fsp3) is 0.250. The predicted octanol–water partition coefficient (Wildman–Crippen LogP) is 3.30. The van der Waals surface area contributed by atoms with E-state index in [4.69, 9.17) is 10.00 Å². The molecule has 0 saturated heterocycles. The molecule has 1 amide bonds. The Hall–Kier alpha value is -3.67. The first-order valence-corrected chi connectivity index (χ1v) is 8.82. The van der Waals surface area contributed by atoms with Gasteiger partial charge in [0.15, 0.2) is 0 Å². The van der Waals surface area contributed by atoms with E-state index in [2.05, 4.69) is 21.6 Å². The number of aromatic nitrogens is 2. The molecule has 29 heavy (non-hydrogen) atoms. The van der Waals surface area contributed by atoms with E-state index in [0.717, 1.165) is 6.07 Å². The van der Waals surface area contributed by atoms with Crippen molar-refractivity contribution in [3.8, 4) is 11.9 Å². The molecule has 2 aromatic rings. The van der Waals surface area contributed by atoms with Crippen LogP contribution >= 0.6 is 0 Å². The Bertz CT molecular complexity index is 982. The molecular formula is C20H17F2N5O2. The van der Waals surface area contributed by atoms with Crippen molar-refractivity contribution in [2.75, 3.05) is 6.61 Å². The third-order valence-corrected chi connectivity index (χ3v) is 4.24. The fourth-order valence-electron chi connectivity index (χ4n) is 2.86. The van der Waals surface area contributed by atoms with Gasteiger partial charge in [0.05, 0.1) is 12.6 Å². The lowest BCUT2D eigenvalue weighted by Gasteiger charge is -2.23. The van der Waals surface area contributed by atoms with Crippen LogP contribution in [0.3, 0.4) is 0 Å². The van der Waals surface area contributed by atoms with E-state index >= 15 is 0 Å². The number of hydrazone groups is 1. The standard InChI is InChI=1S/C20H17F2N5O2/c1-13(3-2-6-29-19-10-17(11-23)24-12-25-19)20(28)27-18(4-5-26-27)14-7-15(21)9-16(22)8-14/h5,7-10,12,18H,1-4,6H2. The third kappa shape index (κ3) is 4.99. The lowest BCUT2D eigenvalue weighted by atomic mass is 10.0. The average Bonchev–Trinajstić information content (AvgIpc) is 3.20. The first-order chi connectivity index (χ1) is 14.0. The van der Waals surface area contributed by atoms with E-state index in [1.165, 1.54) is 35.7 Å². The Kier molecular flexibility index (Phi) is 6.24. The minimum absolute atomic E-state index is 0.196. The molecule has 0 spiro atoms. The van der Waals surface area contributed by atoms with Crippen molar-refractivity contribution >= 4 is 12.1 Å². The highest BCUT2D eigenvalue weighted by Gasteiger charge is 2.30. The van der Waals surface area contributed by atoms with Gasteiger partial charge in [0.1, 0.15) is 29.7 Å². The number of nitrogens with zero attached hydrogens (tertiary/aromatic N) is 5. The van der Waals surface area contributed by atoms with Gasteiger partial charge in [-0.1, -0.05) is 6.58 Å². The molecule has 0 aliphatic carbocycles. The van der Waals surface area contributed by atoms with Gasteiger partial charge in [-0.15, -0.1) is 0 Å². The highest BCUT2D eigenvalue weighted by molar-refractivity contribution is 5.94. The number of hydrogen-bond acceptors (Lipinski definition) is 6. The zero-order valence-electron chi connectivity index (χ0n) is 15.4. The number of ether oxygens (including phenoxy) is 1. The number of benzene rings is 1. The SMILES string of the molecule is C=C(CCCOc1cc(C#N)ncn1)C(=O)N1N=CCC1c1cc(F)cc(F)c1. The van der Waals surface area contributed by atoms with Gasteiger partial charge in [-0.05, 0) is 30.5 Å². The largest absolute Gasteiger partial charge is 0.478 e. The molecule has 2 heterocycles. The van der Waals surface area contributed by atoms with Crippen LogP contribution in [0.5, 0.6) is 5.88 Å². The number of hydrogen-bond donors (Lipinski definition) is 0. The molecule has 9 heteroatoms. The first-order valence-electron chi connectivity index (χ1n) is 8.82. The van der Waals surface area contributed by atoms with E-state index in [9.17, 15) is 13.6 Å². The van der Waals surface area contributed by atoms with Gasteiger partial charge in [0.25, 0.3) is 5.91 Å². The Morgan fingerprint density at radius 2 is 2.03 bits per heavy atom. The van der Waals surface area contributed by atoms with Crippen LogP contribution in [0.15, 0.2) is 47.8 Å². The van der Waals surface area contributed by atoms with Crippen molar-refractivity contribution in [1.82, 2.24) is 15.0 Å². The maximum absolute atomic E-state index is 13.5. The second kappa shape index (κ2) is 9.01. The summed E-state index contributed by atoms with van der Waals surface area (Å²) in [7, 11) is 0. The summed E-state index contributed by atoms with van der Waals surface area (Å²) in [6, 6.07) is 5.89. The lowest BCUT2D eigenvalue weighted by molar-refractivity contribution is -0.129. The molecule has 3 rings (SSSR count). The molecule has 7 nitrogen and oxygen atoms in total. The molecule has 0 saturated carbocycles. The molecule has 1 aromatic heterocycles. The van der Waals surface area contributed by atoms with Gasteiger partial charge in [-0.25, -0.2) is 23.8 Å². The van der Waals surface area contributed by atoms with Crippen LogP contribution in [-0.4, -0.2) is 33.7 Å². The Morgan fingerprint density at radius 3 is 2.76 bits per heavy atom. The monoisotopic (exact) mass is 397 g/mol. The number of carbonyl (C=O) groups is 1. The smallest absolute Gasteiger partial charge is 0.269 e. The second-order valence-corrected chi connectivity index (χ2v) is 6.31.